The number of halogens is 3. The van der Waals surface area contributed by atoms with Crippen molar-refractivity contribution in [3.63, 3.8) is 0 Å². The molecule has 2 aromatic rings. The molecule has 0 atom stereocenters. The van der Waals surface area contributed by atoms with Gasteiger partial charge in [0.15, 0.2) is 6.29 Å². The topological polar surface area (TPSA) is 30.0 Å². The normalized spacial score (nSPS) is 11.5. The lowest BCUT2D eigenvalue weighted by Crippen LogP contribution is -2.03. The Kier molecular flexibility index (Phi) is 2.97. The summed E-state index contributed by atoms with van der Waals surface area (Å²) >= 11 is 1.14. The first-order valence-electron chi connectivity index (χ1n) is 4.59. The average molecular weight is 257 g/mol. The van der Waals surface area contributed by atoms with Gasteiger partial charge in [0.05, 0.1) is 10.4 Å². The fraction of sp³-hybridized carbons (Fsp3) is 0.0909. The van der Waals surface area contributed by atoms with E-state index in [9.17, 15) is 18.0 Å². The monoisotopic (exact) mass is 257 g/mol. The number of aromatic nitrogens is 1. The van der Waals surface area contributed by atoms with Crippen molar-refractivity contribution in [1.29, 1.82) is 0 Å². The van der Waals surface area contributed by atoms with E-state index in [0.29, 0.717) is 21.7 Å². The second-order valence-corrected chi connectivity index (χ2v) is 4.32. The maximum atomic E-state index is 12.3. The molecule has 1 aromatic heterocycles. The molecule has 0 fully saturated rings. The third kappa shape index (κ3) is 2.52. The molecular weight excluding hydrogens is 251 g/mol. The molecule has 0 saturated carbocycles. The molecule has 0 aliphatic rings. The van der Waals surface area contributed by atoms with Gasteiger partial charge >= 0.3 is 6.18 Å². The van der Waals surface area contributed by atoms with Crippen LogP contribution in [-0.4, -0.2) is 11.3 Å². The van der Waals surface area contributed by atoms with Gasteiger partial charge in [0.25, 0.3) is 0 Å². The number of carbonyl (C=O) groups excluding carboxylic acids is 1. The molecule has 2 rings (SSSR count). The summed E-state index contributed by atoms with van der Waals surface area (Å²) in [5.74, 6) is 0. The Morgan fingerprint density at radius 1 is 1.18 bits per heavy atom. The van der Waals surface area contributed by atoms with Crippen molar-refractivity contribution in [1.82, 2.24) is 4.98 Å². The van der Waals surface area contributed by atoms with Crippen LogP contribution < -0.4 is 0 Å². The van der Waals surface area contributed by atoms with Gasteiger partial charge in [-0.1, -0.05) is 12.1 Å². The van der Waals surface area contributed by atoms with E-state index >= 15 is 0 Å². The second-order valence-electron chi connectivity index (χ2n) is 3.26. The van der Waals surface area contributed by atoms with Gasteiger partial charge in [0.2, 0.25) is 0 Å². The molecule has 0 saturated heterocycles. The SMILES string of the molecule is O=Cc1cnc(-c2ccc(C(F)(F)F)cc2)s1. The fourth-order valence-corrected chi connectivity index (χ4v) is 2.01. The van der Waals surface area contributed by atoms with Gasteiger partial charge in [0.1, 0.15) is 5.01 Å². The van der Waals surface area contributed by atoms with E-state index in [1.807, 2.05) is 0 Å². The molecule has 0 N–H and O–H groups in total. The third-order valence-electron chi connectivity index (χ3n) is 2.10. The van der Waals surface area contributed by atoms with E-state index in [4.69, 9.17) is 0 Å². The number of rotatable bonds is 2. The van der Waals surface area contributed by atoms with Crippen LogP contribution in [0.3, 0.4) is 0 Å². The minimum atomic E-state index is -4.34. The lowest BCUT2D eigenvalue weighted by Gasteiger charge is -2.06. The highest BCUT2D eigenvalue weighted by atomic mass is 32.1. The molecule has 0 unspecified atom stereocenters. The maximum absolute atomic E-state index is 12.3. The standard InChI is InChI=1S/C11H6F3NOS/c12-11(13,14)8-3-1-7(2-4-8)10-15-5-9(6-16)17-10/h1-6H. The van der Waals surface area contributed by atoms with E-state index in [2.05, 4.69) is 4.98 Å². The van der Waals surface area contributed by atoms with Crippen LogP contribution in [-0.2, 0) is 6.18 Å². The number of hydrogen-bond acceptors (Lipinski definition) is 3. The highest BCUT2D eigenvalue weighted by Gasteiger charge is 2.30. The molecule has 0 spiro atoms. The summed E-state index contributed by atoms with van der Waals surface area (Å²) in [6.45, 7) is 0. The van der Waals surface area contributed by atoms with Crippen LogP contribution in [0.4, 0.5) is 13.2 Å². The van der Waals surface area contributed by atoms with Gasteiger partial charge < -0.3 is 0 Å². The minimum Gasteiger partial charge on any atom is -0.297 e. The van der Waals surface area contributed by atoms with E-state index in [0.717, 1.165) is 23.5 Å². The number of carbonyl (C=O) groups is 1. The van der Waals surface area contributed by atoms with Crippen LogP contribution >= 0.6 is 11.3 Å². The summed E-state index contributed by atoms with van der Waals surface area (Å²) in [6, 6.07) is 4.68. The van der Waals surface area contributed by atoms with Crippen LogP contribution in [0.5, 0.6) is 0 Å². The Balaban J connectivity index is 2.32. The van der Waals surface area contributed by atoms with Gasteiger partial charge in [-0.2, -0.15) is 13.2 Å². The van der Waals surface area contributed by atoms with Crippen molar-refractivity contribution in [2.45, 2.75) is 6.18 Å². The van der Waals surface area contributed by atoms with Crippen molar-refractivity contribution in [3.05, 3.63) is 40.9 Å². The van der Waals surface area contributed by atoms with Gasteiger partial charge in [-0.3, -0.25) is 4.79 Å². The van der Waals surface area contributed by atoms with Crippen molar-refractivity contribution in [2.75, 3.05) is 0 Å². The van der Waals surface area contributed by atoms with Crippen molar-refractivity contribution >= 4 is 17.6 Å². The predicted molar refractivity (Wildman–Crippen MR) is 57.9 cm³/mol. The molecule has 6 heteroatoms. The molecular formula is C11H6F3NOS. The highest BCUT2D eigenvalue weighted by Crippen LogP contribution is 2.31. The molecule has 17 heavy (non-hydrogen) atoms. The van der Waals surface area contributed by atoms with E-state index in [-0.39, 0.29) is 0 Å². The molecule has 0 amide bonds. The number of nitrogens with zero attached hydrogens (tertiary/aromatic N) is 1. The molecule has 1 aromatic carbocycles. The van der Waals surface area contributed by atoms with Crippen molar-refractivity contribution in [3.8, 4) is 10.6 Å². The average Bonchev–Trinajstić information content (AvgIpc) is 2.76. The molecule has 2 nitrogen and oxygen atoms in total. The van der Waals surface area contributed by atoms with E-state index in [1.54, 1.807) is 0 Å². The summed E-state index contributed by atoms with van der Waals surface area (Å²) in [5, 5.41) is 0.529. The van der Waals surface area contributed by atoms with Crippen LogP contribution in [0.15, 0.2) is 30.5 Å². The van der Waals surface area contributed by atoms with Crippen molar-refractivity contribution < 1.29 is 18.0 Å². The fourth-order valence-electron chi connectivity index (χ4n) is 1.28. The zero-order valence-electron chi connectivity index (χ0n) is 8.36. The molecule has 0 radical (unpaired) electrons. The largest absolute Gasteiger partial charge is 0.416 e. The number of benzene rings is 1. The zero-order chi connectivity index (χ0) is 12.5. The van der Waals surface area contributed by atoms with E-state index in [1.165, 1.54) is 18.3 Å². The number of aldehydes is 1. The Hall–Kier alpha value is -1.69. The summed E-state index contributed by atoms with van der Waals surface area (Å²) in [4.78, 5) is 14.9. The van der Waals surface area contributed by atoms with Gasteiger partial charge in [-0.05, 0) is 12.1 Å². The molecule has 0 bridgehead atoms. The van der Waals surface area contributed by atoms with Crippen LogP contribution in [0.1, 0.15) is 15.2 Å². The summed E-state index contributed by atoms with van der Waals surface area (Å²) in [7, 11) is 0. The first-order valence-corrected chi connectivity index (χ1v) is 5.41. The number of hydrogen-bond donors (Lipinski definition) is 0. The molecule has 1 heterocycles. The molecule has 0 aliphatic heterocycles. The smallest absolute Gasteiger partial charge is 0.297 e. The number of thiazole rings is 1. The van der Waals surface area contributed by atoms with Crippen LogP contribution in [0, 0.1) is 0 Å². The van der Waals surface area contributed by atoms with Crippen LogP contribution in [0.25, 0.3) is 10.6 Å². The Bertz CT molecular complexity index is 530. The van der Waals surface area contributed by atoms with E-state index < -0.39 is 11.7 Å². The van der Waals surface area contributed by atoms with Gasteiger partial charge in [-0.25, -0.2) is 4.98 Å². The Morgan fingerprint density at radius 3 is 2.29 bits per heavy atom. The predicted octanol–water partition coefficient (Wildman–Crippen LogP) is 3.64. The van der Waals surface area contributed by atoms with Crippen molar-refractivity contribution in [2.24, 2.45) is 0 Å². The zero-order valence-corrected chi connectivity index (χ0v) is 9.18. The number of alkyl halides is 3. The maximum Gasteiger partial charge on any atom is 0.416 e. The third-order valence-corrected chi connectivity index (χ3v) is 3.07. The molecule has 88 valence electrons. The van der Waals surface area contributed by atoms with Gasteiger partial charge in [-0.15, -0.1) is 11.3 Å². The minimum absolute atomic E-state index is 0.444. The first kappa shape index (κ1) is 11.8. The molecule has 0 aliphatic carbocycles. The lowest BCUT2D eigenvalue weighted by molar-refractivity contribution is -0.137. The summed E-state index contributed by atoms with van der Waals surface area (Å²) < 4.78 is 37.0. The Labute approximate surface area is 98.7 Å². The lowest BCUT2D eigenvalue weighted by atomic mass is 10.1. The highest BCUT2D eigenvalue weighted by molar-refractivity contribution is 7.16. The second kappa shape index (κ2) is 4.29. The van der Waals surface area contributed by atoms with Crippen LogP contribution in [0.2, 0.25) is 0 Å². The quantitative estimate of drug-likeness (QED) is 0.769. The van der Waals surface area contributed by atoms with Gasteiger partial charge in [0, 0.05) is 11.8 Å². The Morgan fingerprint density at radius 2 is 1.82 bits per heavy atom. The summed E-state index contributed by atoms with van der Waals surface area (Å²) in [5.41, 5.74) is -0.135. The summed E-state index contributed by atoms with van der Waals surface area (Å²) in [6.07, 6.45) is -2.29. The first-order chi connectivity index (χ1) is 8.00.